The van der Waals surface area contributed by atoms with Gasteiger partial charge in [0.25, 0.3) is 11.5 Å². The molecule has 18 heteroatoms. The summed E-state index contributed by atoms with van der Waals surface area (Å²) in [6.45, 7) is 8.26. The van der Waals surface area contributed by atoms with Crippen LogP contribution >= 0.6 is 11.6 Å². The van der Waals surface area contributed by atoms with Crippen LogP contribution in [0.1, 0.15) is 57.2 Å². The maximum absolute atomic E-state index is 13.2. The van der Waals surface area contributed by atoms with Gasteiger partial charge in [-0.25, -0.2) is 9.97 Å². The molecule has 3 aliphatic rings. The number of imide groups is 1. The fourth-order valence-electron chi connectivity index (χ4n) is 8.93. The Hall–Kier alpha value is -5.78. The second-order valence-electron chi connectivity index (χ2n) is 16.4. The zero-order valence-electron chi connectivity index (χ0n) is 34.9. The molecule has 5 aromatic rings. The van der Waals surface area contributed by atoms with Crippen molar-refractivity contribution in [2.75, 3.05) is 74.6 Å². The van der Waals surface area contributed by atoms with Crippen LogP contribution in [0.5, 0.6) is 5.75 Å². The second-order valence-corrected chi connectivity index (χ2v) is 16.8. The number of aliphatic hydroxyl groups excluding tert-OH is 1. The Balaban J connectivity index is 0.909. The summed E-state index contributed by atoms with van der Waals surface area (Å²) in [5.41, 5.74) is 4.20. The Kier molecular flexibility index (Phi) is 12.1. The third kappa shape index (κ3) is 8.59. The molecule has 3 aliphatic heterocycles. The van der Waals surface area contributed by atoms with Gasteiger partial charge in [-0.15, -0.1) is 0 Å². The van der Waals surface area contributed by atoms with E-state index < -0.39 is 5.92 Å². The number of ether oxygens (including phenoxy) is 1. The molecular weight excluding hydrogens is 802 g/mol. The van der Waals surface area contributed by atoms with Crippen molar-refractivity contribution in [3.8, 4) is 5.75 Å². The predicted octanol–water partition coefficient (Wildman–Crippen LogP) is 3.70. The van der Waals surface area contributed by atoms with Crippen LogP contribution in [-0.4, -0.2) is 118 Å². The van der Waals surface area contributed by atoms with Crippen LogP contribution in [0.25, 0.3) is 21.9 Å². The number of halogens is 1. The molecule has 17 nitrogen and oxygen atoms in total. The lowest BCUT2D eigenvalue weighted by molar-refractivity contribution is -0.134. The average molecular weight is 854 g/mol. The van der Waals surface area contributed by atoms with Crippen LogP contribution in [0, 0.1) is 5.92 Å². The van der Waals surface area contributed by atoms with E-state index in [1.54, 1.807) is 23.0 Å². The number of nitrogens with one attached hydrogen (secondary N) is 3. The number of carbonyl (C=O) groups is 3. The van der Waals surface area contributed by atoms with Gasteiger partial charge in [-0.2, -0.15) is 5.10 Å². The van der Waals surface area contributed by atoms with Crippen LogP contribution in [0.2, 0.25) is 5.02 Å². The summed E-state index contributed by atoms with van der Waals surface area (Å²) in [4.78, 5) is 65.9. The highest BCUT2D eigenvalue weighted by Gasteiger charge is 2.34. The van der Waals surface area contributed by atoms with Crippen LogP contribution in [0.15, 0.2) is 53.6 Å². The number of amides is 3. The zero-order valence-corrected chi connectivity index (χ0v) is 35.6. The van der Waals surface area contributed by atoms with Gasteiger partial charge in [-0.05, 0) is 57.2 Å². The average Bonchev–Trinajstić information content (AvgIpc) is 3.59. The van der Waals surface area contributed by atoms with E-state index in [0.717, 1.165) is 73.7 Å². The fraction of sp³-hybridized carbons (Fsp3) is 0.465. The molecular formula is C43H52ClN11O6. The molecule has 2 atom stereocenters. The molecule has 0 saturated carbocycles. The van der Waals surface area contributed by atoms with E-state index >= 15 is 0 Å². The fourth-order valence-corrected chi connectivity index (χ4v) is 9.08. The number of pyridine rings is 3. The molecule has 61 heavy (non-hydrogen) atoms. The Morgan fingerprint density at radius 2 is 1.84 bits per heavy atom. The molecule has 1 aromatic carbocycles. The Labute approximate surface area is 358 Å². The molecule has 0 spiro atoms. The number of piperidine rings is 2. The van der Waals surface area contributed by atoms with Crippen LogP contribution in [0.4, 0.5) is 22.9 Å². The van der Waals surface area contributed by atoms with Crippen molar-refractivity contribution in [3.05, 3.63) is 69.9 Å². The molecule has 3 saturated heterocycles. The first-order valence-corrected chi connectivity index (χ1v) is 21.3. The number of aliphatic hydroxyl groups is 1. The number of aromatic nitrogens is 5. The van der Waals surface area contributed by atoms with Gasteiger partial charge in [-0.1, -0.05) is 23.7 Å². The van der Waals surface area contributed by atoms with E-state index in [4.69, 9.17) is 21.4 Å². The van der Waals surface area contributed by atoms with Crippen LogP contribution in [0.3, 0.4) is 0 Å². The van der Waals surface area contributed by atoms with Crippen molar-refractivity contribution in [1.29, 1.82) is 0 Å². The molecule has 0 aliphatic carbocycles. The van der Waals surface area contributed by atoms with Gasteiger partial charge in [0.15, 0.2) is 12.4 Å². The predicted molar refractivity (Wildman–Crippen MR) is 234 cm³/mol. The first-order chi connectivity index (χ1) is 29.4. The molecule has 0 radical (unpaired) electrons. The summed E-state index contributed by atoms with van der Waals surface area (Å²) in [5.74, 6) is -0.0583. The minimum Gasteiger partial charge on any atom is -0.478 e. The molecule has 4 aromatic heterocycles. The molecule has 322 valence electrons. The van der Waals surface area contributed by atoms with Gasteiger partial charge < -0.3 is 30.3 Å². The lowest BCUT2D eigenvalue weighted by Gasteiger charge is -2.44. The Morgan fingerprint density at radius 3 is 2.57 bits per heavy atom. The second kappa shape index (κ2) is 17.7. The summed E-state index contributed by atoms with van der Waals surface area (Å²) in [6.07, 6.45) is 6.04. The number of nitrogens with zero attached hydrogens (tertiary/aromatic N) is 8. The summed E-state index contributed by atoms with van der Waals surface area (Å²) in [7, 11) is 3.42. The first kappa shape index (κ1) is 41.9. The van der Waals surface area contributed by atoms with Crippen molar-refractivity contribution >= 4 is 74.1 Å². The van der Waals surface area contributed by atoms with Gasteiger partial charge in [0.1, 0.15) is 11.5 Å². The topological polar surface area (TPSA) is 192 Å². The van der Waals surface area contributed by atoms with Crippen LogP contribution in [-0.2, 0) is 21.4 Å². The first-order valence-electron chi connectivity index (χ1n) is 20.9. The van der Waals surface area contributed by atoms with Crippen molar-refractivity contribution in [3.63, 3.8) is 0 Å². The van der Waals surface area contributed by atoms with E-state index in [2.05, 4.69) is 46.7 Å². The van der Waals surface area contributed by atoms with E-state index in [0.29, 0.717) is 52.7 Å². The number of carbonyl (C=O) groups excluding carboxylic acids is 3. The smallest absolute Gasteiger partial charge is 0.294 e. The summed E-state index contributed by atoms with van der Waals surface area (Å²) in [6, 6.07) is 11.2. The number of rotatable bonds is 12. The molecule has 2 unspecified atom stereocenters. The number of fused-ring (bicyclic) bond motifs is 2. The third-order valence-corrected chi connectivity index (χ3v) is 12.4. The normalized spacial score (nSPS) is 19.2. The highest BCUT2D eigenvalue weighted by atomic mass is 35.5. The maximum Gasteiger partial charge on any atom is 0.294 e. The summed E-state index contributed by atoms with van der Waals surface area (Å²) in [5, 5.41) is 25.8. The van der Waals surface area contributed by atoms with E-state index in [1.807, 2.05) is 49.8 Å². The minimum absolute atomic E-state index is 0.0189. The zero-order chi connectivity index (χ0) is 42.9. The van der Waals surface area contributed by atoms with Gasteiger partial charge in [0.05, 0.1) is 64.3 Å². The number of para-hydroxylation sites is 1. The number of benzene rings is 1. The standard InChI is InChI=1S/C43H52ClN11O6/c1-25(2)55-41-27(17-35(43(55)60)61-24-38(58)45-3)16-28(19-47-41)48-33-18-36(46-20-32(33)44)54-15-14-53(29(22-54)23-56)21-26-10-12-52(13-11-26)34-7-5-6-30-39(50-51(4)40(30)34)31-8-9-37(57)49-42(31)59/h5-7,16-20,25-26,29,31,56H,8-15,21-24H2,1-4H3,(H,45,58)(H,46,48)(H,49,57,59). The molecule has 4 N–H and O–H groups in total. The maximum atomic E-state index is 13.2. The van der Waals surface area contributed by atoms with Crippen molar-refractivity contribution in [2.24, 2.45) is 13.0 Å². The molecule has 3 fully saturated rings. The minimum atomic E-state index is -0.447. The van der Waals surface area contributed by atoms with Gasteiger partial charge in [0.2, 0.25) is 11.8 Å². The summed E-state index contributed by atoms with van der Waals surface area (Å²) < 4.78 is 9.02. The van der Waals surface area contributed by atoms with E-state index in [-0.39, 0.29) is 54.3 Å². The molecule has 7 heterocycles. The molecule has 0 bridgehead atoms. The number of likely N-dealkylation sites (N-methyl/N-ethyl adjacent to an activating group) is 1. The highest BCUT2D eigenvalue weighted by molar-refractivity contribution is 6.33. The Morgan fingerprint density at radius 1 is 1.03 bits per heavy atom. The van der Waals surface area contributed by atoms with Crippen molar-refractivity contribution < 1.29 is 24.2 Å². The number of piperazine rings is 1. The lowest BCUT2D eigenvalue weighted by atomic mass is 9.92. The monoisotopic (exact) mass is 853 g/mol. The number of aryl methyl sites for hydroxylation is 1. The largest absolute Gasteiger partial charge is 0.478 e. The molecule has 8 rings (SSSR count). The van der Waals surface area contributed by atoms with Crippen LogP contribution < -0.4 is 36.0 Å². The number of anilines is 4. The lowest BCUT2D eigenvalue weighted by Crippen LogP contribution is -2.56. The van der Waals surface area contributed by atoms with Gasteiger partial charge in [-0.3, -0.25) is 38.6 Å². The number of hydrogen-bond acceptors (Lipinski definition) is 13. The number of hydrogen-bond donors (Lipinski definition) is 4. The quantitative estimate of drug-likeness (QED) is 0.133. The highest BCUT2D eigenvalue weighted by Crippen LogP contribution is 2.37. The Bertz CT molecular complexity index is 2530. The summed E-state index contributed by atoms with van der Waals surface area (Å²) >= 11 is 6.67. The molecule has 3 amide bonds. The van der Waals surface area contributed by atoms with Crippen molar-refractivity contribution in [1.82, 2.24) is 39.8 Å². The van der Waals surface area contributed by atoms with E-state index in [1.165, 1.54) is 7.05 Å². The SMILES string of the molecule is CNC(=O)COc1cc2cc(Nc3cc(N4CCN(CC5CCN(c6cccc7c(C8CCC(=O)NC8=O)nn(C)c67)CC5)C(CO)C4)ncc3Cl)cnc2n(C(C)C)c1=O. The van der Waals surface area contributed by atoms with E-state index in [9.17, 15) is 24.3 Å². The third-order valence-electron chi connectivity index (χ3n) is 12.1. The van der Waals surface area contributed by atoms with Gasteiger partial charge in [0, 0.05) is 82.7 Å². The van der Waals surface area contributed by atoms with Gasteiger partial charge >= 0.3 is 0 Å². The van der Waals surface area contributed by atoms with Crippen molar-refractivity contribution in [2.45, 2.75) is 57.5 Å².